The van der Waals surface area contributed by atoms with E-state index in [1.807, 2.05) is 19.9 Å². The van der Waals surface area contributed by atoms with E-state index < -0.39 is 17.7 Å². The van der Waals surface area contributed by atoms with Crippen LogP contribution in [0, 0.1) is 0 Å². The van der Waals surface area contributed by atoms with E-state index >= 15 is 0 Å². The highest BCUT2D eigenvalue weighted by atomic mass is 19.4. The van der Waals surface area contributed by atoms with Crippen LogP contribution in [-0.4, -0.2) is 16.1 Å². The summed E-state index contributed by atoms with van der Waals surface area (Å²) in [6.07, 6.45) is -3.67. The molecular weight excluding hydrogens is 355 g/mol. The molecule has 0 saturated heterocycles. The Hall–Kier alpha value is -2.89. The molecule has 1 heterocycles. The average molecular weight is 373 g/mol. The normalized spacial score (nSPS) is 12.9. The smallest absolute Gasteiger partial charge is 0.417 e. The highest BCUT2D eigenvalue weighted by Crippen LogP contribution is 2.37. The summed E-state index contributed by atoms with van der Waals surface area (Å²) in [5.41, 5.74) is 0.276. The number of rotatable bonds is 4. The van der Waals surface area contributed by atoms with Crippen LogP contribution in [-0.2, 0) is 6.18 Å². The summed E-state index contributed by atoms with van der Waals surface area (Å²) < 4.78 is 40.0. The molecule has 0 amide bonds. The van der Waals surface area contributed by atoms with E-state index in [4.69, 9.17) is 0 Å². The molecule has 1 N–H and O–H groups in total. The predicted molar refractivity (Wildman–Crippen MR) is 97.8 cm³/mol. The van der Waals surface area contributed by atoms with Crippen molar-refractivity contribution in [1.82, 2.24) is 4.98 Å². The van der Waals surface area contributed by atoms with Crippen LogP contribution in [0.1, 0.15) is 47.7 Å². The van der Waals surface area contributed by atoms with Crippen molar-refractivity contribution in [3.63, 3.8) is 0 Å². The molecule has 0 bridgehead atoms. The number of nitrogens with zero attached hydrogens (tertiary/aromatic N) is 1. The molecule has 0 aliphatic carbocycles. The maximum absolute atomic E-state index is 13.3. The third kappa shape index (κ3) is 3.65. The summed E-state index contributed by atoms with van der Waals surface area (Å²) in [4.78, 5) is 16.1. The van der Waals surface area contributed by atoms with Gasteiger partial charge in [0, 0.05) is 10.9 Å². The Morgan fingerprint density at radius 3 is 2.48 bits per heavy atom. The second-order valence-corrected chi connectivity index (χ2v) is 6.49. The molecule has 2 aromatic carbocycles. The molecule has 0 saturated carbocycles. The van der Waals surface area contributed by atoms with Crippen molar-refractivity contribution in [1.29, 1.82) is 0 Å². The predicted octanol–water partition coefficient (Wildman–Crippen LogP) is 6.13. The number of carbonyl (C=O) groups is 1. The first-order valence-corrected chi connectivity index (χ1v) is 8.57. The Morgan fingerprint density at radius 2 is 1.85 bits per heavy atom. The van der Waals surface area contributed by atoms with Gasteiger partial charge in [0.15, 0.2) is 0 Å². The van der Waals surface area contributed by atoms with Crippen LogP contribution in [0.15, 0.2) is 48.5 Å². The van der Waals surface area contributed by atoms with E-state index in [9.17, 15) is 23.1 Å². The molecule has 27 heavy (non-hydrogen) atoms. The zero-order valence-corrected chi connectivity index (χ0v) is 14.8. The maximum atomic E-state index is 13.3. The van der Waals surface area contributed by atoms with E-state index in [0.717, 1.165) is 18.1 Å². The number of aromatic nitrogens is 1. The second-order valence-electron chi connectivity index (χ2n) is 6.49. The first-order chi connectivity index (χ1) is 12.7. The van der Waals surface area contributed by atoms with Gasteiger partial charge in [0.1, 0.15) is 0 Å². The topological polar surface area (TPSA) is 50.2 Å². The fourth-order valence-corrected chi connectivity index (χ4v) is 3.05. The number of carboxylic acids is 1. The molecule has 140 valence electrons. The minimum Gasteiger partial charge on any atom is -0.478 e. The third-order valence-corrected chi connectivity index (χ3v) is 4.75. The van der Waals surface area contributed by atoms with E-state index in [0.29, 0.717) is 10.9 Å². The van der Waals surface area contributed by atoms with E-state index in [1.165, 1.54) is 24.3 Å². The van der Waals surface area contributed by atoms with Crippen LogP contribution in [0.2, 0.25) is 0 Å². The largest absolute Gasteiger partial charge is 0.478 e. The van der Waals surface area contributed by atoms with E-state index in [-0.39, 0.29) is 22.7 Å². The summed E-state index contributed by atoms with van der Waals surface area (Å²) >= 11 is 0. The molecule has 6 heteroatoms. The van der Waals surface area contributed by atoms with Gasteiger partial charge in [-0.3, -0.25) is 0 Å². The van der Waals surface area contributed by atoms with Crippen molar-refractivity contribution in [2.45, 2.75) is 32.4 Å². The molecule has 3 aromatic rings. The number of alkyl halides is 3. The zero-order chi connectivity index (χ0) is 19.8. The van der Waals surface area contributed by atoms with Gasteiger partial charge < -0.3 is 5.11 Å². The summed E-state index contributed by atoms with van der Waals surface area (Å²) in [5.74, 6) is -0.962. The fourth-order valence-electron chi connectivity index (χ4n) is 3.05. The van der Waals surface area contributed by atoms with Crippen molar-refractivity contribution in [2.75, 3.05) is 0 Å². The number of hydrogen-bond donors (Lipinski definition) is 1. The number of benzene rings is 2. The Bertz CT molecular complexity index is 1010. The maximum Gasteiger partial charge on any atom is 0.417 e. The Kier molecular flexibility index (Phi) is 4.91. The van der Waals surface area contributed by atoms with Gasteiger partial charge >= 0.3 is 12.1 Å². The van der Waals surface area contributed by atoms with Gasteiger partial charge in [0.25, 0.3) is 0 Å². The SMILES string of the molecule is CCC(C)c1ccc2nc(-c3ccccc3C(F)(F)F)cc(C(=O)O)c2c1. The summed E-state index contributed by atoms with van der Waals surface area (Å²) in [6, 6.07) is 11.5. The van der Waals surface area contributed by atoms with Crippen molar-refractivity contribution in [3.05, 3.63) is 65.2 Å². The highest BCUT2D eigenvalue weighted by molar-refractivity contribution is 6.04. The molecule has 0 radical (unpaired) electrons. The lowest BCUT2D eigenvalue weighted by Crippen LogP contribution is -2.08. The Labute approximate surface area is 154 Å². The fraction of sp³-hybridized carbons (Fsp3) is 0.238. The Balaban J connectivity index is 2.28. The lowest BCUT2D eigenvalue weighted by molar-refractivity contribution is -0.137. The molecule has 0 spiro atoms. The molecule has 1 atom stereocenters. The van der Waals surface area contributed by atoms with Crippen LogP contribution >= 0.6 is 0 Å². The molecule has 3 nitrogen and oxygen atoms in total. The van der Waals surface area contributed by atoms with Crippen LogP contribution in [0.25, 0.3) is 22.2 Å². The number of pyridine rings is 1. The van der Waals surface area contributed by atoms with Gasteiger partial charge in [0.05, 0.1) is 22.3 Å². The molecule has 0 aliphatic rings. The minimum atomic E-state index is -4.56. The summed E-state index contributed by atoms with van der Waals surface area (Å²) in [6.45, 7) is 4.06. The van der Waals surface area contributed by atoms with Crippen molar-refractivity contribution in [2.24, 2.45) is 0 Å². The van der Waals surface area contributed by atoms with Gasteiger partial charge in [-0.15, -0.1) is 0 Å². The molecule has 3 rings (SSSR count). The number of carboxylic acid groups (broad SMARTS) is 1. The van der Waals surface area contributed by atoms with Crippen molar-refractivity contribution in [3.8, 4) is 11.3 Å². The first-order valence-electron chi connectivity index (χ1n) is 8.57. The van der Waals surface area contributed by atoms with Gasteiger partial charge in [-0.2, -0.15) is 13.2 Å². The average Bonchev–Trinajstić information content (AvgIpc) is 2.65. The first kappa shape index (κ1) is 18.9. The minimum absolute atomic E-state index is 0.0101. The summed E-state index contributed by atoms with van der Waals surface area (Å²) in [7, 11) is 0. The molecular formula is C21H18F3NO2. The van der Waals surface area contributed by atoms with Gasteiger partial charge in [-0.25, -0.2) is 9.78 Å². The van der Waals surface area contributed by atoms with Crippen LogP contribution in [0.4, 0.5) is 13.2 Å². The Morgan fingerprint density at radius 1 is 1.15 bits per heavy atom. The monoisotopic (exact) mass is 373 g/mol. The van der Waals surface area contributed by atoms with Crippen LogP contribution in [0.5, 0.6) is 0 Å². The standard InChI is InChI=1S/C21H18F3NO2/c1-3-12(2)13-8-9-18-15(10-13)16(20(26)27)11-19(25-18)14-6-4-5-7-17(14)21(22,23)24/h4-12H,3H2,1-2H3,(H,26,27). The number of fused-ring (bicyclic) bond motifs is 1. The molecule has 1 unspecified atom stereocenters. The number of aromatic carboxylic acids is 1. The van der Waals surface area contributed by atoms with Crippen LogP contribution < -0.4 is 0 Å². The summed E-state index contributed by atoms with van der Waals surface area (Å²) in [5, 5.41) is 10.0. The number of halogens is 3. The van der Waals surface area contributed by atoms with Crippen molar-refractivity contribution < 1.29 is 23.1 Å². The van der Waals surface area contributed by atoms with Gasteiger partial charge in [-0.05, 0) is 42.2 Å². The van der Waals surface area contributed by atoms with Crippen LogP contribution in [0.3, 0.4) is 0 Å². The third-order valence-electron chi connectivity index (χ3n) is 4.75. The quantitative estimate of drug-likeness (QED) is 0.598. The molecule has 0 fully saturated rings. The van der Waals surface area contributed by atoms with Gasteiger partial charge in [-0.1, -0.05) is 38.1 Å². The molecule has 0 aliphatic heterocycles. The van der Waals surface area contributed by atoms with E-state index in [2.05, 4.69) is 4.98 Å². The number of hydrogen-bond acceptors (Lipinski definition) is 2. The van der Waals surface area contributed by atoms with Gasteiger partial charge in [0.2, 0.25) is 0 Å². The van der Waals surface area contributed by atoms with E-state index in [1.54, 1.807) is 12.1 Å². The lowest BCUT2D eigenvalue weighted by Gasteiger charge is -2.15. The molecule has 1 aromatic heterocycles. The highest BCUT2D eigenvalue weighted by Gasteiger charge is 2.34. The van der Waals surface area contributed by atoms with Crippen molar-refractivity contribution >= 4 is 16.9 Å². The second kappa shape index (κ2) is 7.02. The zero-order valence-electron chi connectivity index (χ0n) is 14.8. The lowest BCUT2D eigenvalue weighted by atomic mass is 9.94.